The third-order valence-corrected chi connectivity index (χ3v) is 7.40. The minimum Gasteiger partial charge on any atom is -0.497 e. The van der Waals surface area contributed by atoms with E-state index in [9.17, 15) is 0 Å². The van der Waals surface area contributed by atoms with E-state index in [1.165, 1.54) is 49.1 Å². The van der Waals surface area contributed by atoms with E-state index in [4.69, 9.17) is 10.5 Å². The van der Waals surface area contributed by atoms with E-state index in [1.54, 1.807) is 7.11 Å². The maximum Gasteiger partial charge on any atom is 0.210 e. The molecule has 3 aliphatic heterocycles. The minimum atomic E-state index is 0.545. The van der Waals surface area contributed by atoms with Crippen LogP contribution in [-0.2, 0) is 0 Å². The van der Waals surface area contributed by atoms with E-state index >= 15 is 0 Å². The molecule has 0 unspecified atom stereocenters. The molecule has 2 N–H and O–H groups in total. The largest absolute Gasteiger partial charge is 0.497 e. The molecule has 2 aromatic rings. The normalized spacial score (nSPS) is 30.8. The number of ether oxygens (including phenoxy) is 1. The topological polar surface area (TPSA) is 67.5 Å². The Labute approximate surface area is 164 Å². The number of fused-ring (bicyclic) bond motifs is 4. The Hall–Kier alpha value is -1.86. The van der Waals surface area contributed by atoms with Crippen LogP contribution < -0.4 is 15.4 Å². The molecule has 4 atom stereocenters. The van der Waals surface area contributed by atoms with Crippen molar-refractivity contribution in [2.75, 3.05) is 37.4 Å². The van der Waals surface area contributed by atoms with Crippen molar-refractivity contribution in [2.24, 2.45) is 11.8 Å². The lowest BCUT2D eigenvalue weighted by Gasteiger charge is -2.55. The van der Waals surface area contributed by atoms with Crippen molar-refractivity contribution in [2.45, 2.75) is 37.8 Å². The molecule has 3 aliphatic rings. The van der Waals surface area contributed by atoms with Gasteiger partial charge in [0.2, 0.25) is 10.3 Å². The van der Waals surface area contributed by atoms with Gasteiger partial charge in [0.05, 0.1) is 7.11 Å². The van der Waals surface area contributed by atoms with Crippen molar-refractivity contribution in [3.8, 4) is 5.75 Å². The van der Waals surface area contributed by atoms with Gasteiger partial charge in [0.1, 0.15) is 5.75 Å². The van der Waals surface area contributed by atoms with E-state index in [-0.39, 0.29) is 0 Å². The summed E-state index contributed by atoms with van der Waals surface area (Å²) in [5, 5.41) is 9.88. The van der Waals surface area contributed by atoms with Crippen molar-refractivity contribution >= 4 is 21.6 Å². The monoisotopic (exact) mass is 385 g/mol. The number of nitrogens with two attached hydrogens (primary N) is 1. The van der Waals surface area contributed by atoms with E-state index in [2.05, 4.69) is 44.3 Å². The van der Waals surface area contributed by atoms with Gasteiger partial charge in [-0.15, -0.1) is 10.2 Å². The van der Waals surface area contributed by atoms with Crippen LogP contribution >= 0.6 is 11.3 Å². The van der Waals surface area contributed by atoms with Gasteiger partial charge >= 0.3 is 0 Å². The number of benzene rings is 1. The third-order valence-electron chi connectivity index (χ3n) is 6.59. The lowest BCUT2D eigenvalue weighted by atomic mass is 9.74. The smallest absolute Gasteiger partial charge is 0.210 e. The van der Waals surface area contributed by atoms with Crippen LogP contribution in [0.2, 0.25) is 0 Å². The Kier molecular flexibility index (Phi) is 4.44. The molecule has 144 valence electrons. The fourth-order valence-electron chi connectivity index (χ4n) is 5.50. The Morgan fingerprint density at radius 1 is 1.11 bits per heavy atom. The first-order valence-electron chi connectivity index (χ1n) is 9.95. The van der Waals surface area contributed by atoms with E-state index in [1.807, 2.05) is 0 Å². The van der Waals surface area contributed by atoms with Crippen LogP contribution in [0.1, 0.15) is 37.3 Å². The van der Waals surface area contributed by atoms with Crippen LogP contribution in [0.4, 0.5) is 10.3 Å². The Bertz CT molecular complexity index is 794. The lowest BCUT2D eigenvalue weighted by Crippen LogP contribution is -2.59. The predicted molar refractivity (Wildman–Crippen MR) is 108 cm³/mol. The summed E-state index contributed by atoms with van der Waals surface area (Å²) in [7, 11) is 1.73. The predicted octanol–water partition coefficient (Wildman–Crippen LogP) is 3.18. The molecule has 3 saturated heterocycles. The van der Waals surface area contributed by atoms with Crippen molar-refractivity contribution in [3.63, 3.8) is 0 Å². The molecule has 3 fully saturated rings. The summed E-state index contributed by atoms with van der Waals surface area (Å²) < 4.78 is 5.34. The zero-order valence-corrected chi connectivity index (χ0v) is 16.6. The average Bonchev–Trinajstić information content (AvgIpc) is 3.14. The highest BCUT2D eigenvalue weighted by Crippen LogP contribution is 2.45. The van der Waals surface area contributed by atoms with Gasteiger partial charge in [-0.3, -0.25) is 4.90 Å². The molecule has 0 amide bonds. The molecule has 0 saturated carbocycles. The number of hydrogen-bond donors (Lipinski definition) is 1. The fraction of sp³-hybridized carbons (Fsp3) is 0.600. The molecular weight excluding hydrogens is 358 g/mol. The Balaban J connectivity index is 1.37. The number of nitrogens with zero attached hydrogens (tertiary/aromatic N) is 4. The second-order valence-corrected chi connectivity index (χ2v) is 9.16. The number of aromatic nitrogens is 2. The minimum absolute atomic E-state index is 0.545. The van der Waals surface area contributed by atoms with Crippen molar-refractivity contribution in [1.82, 2.24) is 15.1 Å². The molecule has 6 nitrogen and oxygen atoms in total. The first kappa shape index (κ1) is 17.3. The summed E-state index contributed by atoms with van der Waals surface area (Å²) in [4.78, 5) is 5.25. The standard InChI is InChI=1S/C20H27N5OS/c1-26-16-7-5-14(6-8-16)17-3-2-4-18-15-9-13(11-25(17)18)10-24(12-15)20-23-22-19(21)27-20/h5-8,13,15,17-18H,2-4,9-12H2,1H3,(H2,21,22)/t13-,15+,17+,18-/m0/s1. The highest BCUT2D eigenvalue weighted by Gasteiger charge is 2.45. The van der Waals surface area contributed by atoms with Gasteiger partial charge in [-0.1, -0.05) is 23.5 Å². The summed E-state index contributed by atoms with van der Waals surface area (Å²) in [5.41, 5.74) is 7.25. The first-order chi connectivity index (χ1) is 13.2. The van der Waals surface area contributed by atoms with Gasteiger partial charge in [0.25, 0.3) is 0 Å². The van der Waals surface area contributed by atoms with Gasteiger partial charge in [-0.2, -0.15) is 0 Å². The zero-order valence-electron chi connectivity index (χ0n) is 15.8. The molecule has 2 bridgehead atoms. The average molecular weight is 386 g/mol. The van der Waals surface area contributed by atoms with Crippen LogP contribution in [0.5, 0.6) is 5.75 Å². The molecule has 1 aromatic heterocycles. The van der Waals surface area contributed by atoms with Crippen LogP contribution in [0.3, 0.4) is 0 Å². The number of methoxy groups -OCH3 is 1. The van der Waals surface area contributed by atoms with E-state index < -0.39 is 0 Å². The lowest BCUT2D eigenvalue weighted by molar-refractivity contribution is -0.0200. The molecule has 0 aliphatic carbocycles. The first-order valence-corrected chi connectivity index (χ1v) is 10.8. The summed E-state index contributed by atoms with van der Waals surface area (Å²) in [6, 6.07) is 9.94. The summed E-state index contributed by atoms with van der Waals surface area (Å²) in [6.07, 6.45) is 5.24. The van der Waals surface area contributed by atoms with Crippen molar-refractivity contribution in [3.05, 3.63) is 29.8 Å². The number of rotatable bonds is 3. The molecule has 7 heteroatoms. The number of nitrogen functional groups attached to an aromatic ring is 1. The van der Waals surface area contributed by atoms with Gasteiger partial charge in [-0.05, 0) is 55.2 Å². The zero-order chi connectivity index (χ0) is 18.4. The van der Waals surface area contributed by atoms with Gasteiger partial charge in [0.15, 0.2) is 0 Å². The highest BCUT2D eigenvalue weighted by molar-refractivity contribution is 7.18. The molecule has 0 spiro atoms. The summed E-state index contributed by atoms with van der Waals surface area (Å²) in [6.45, 7) is 3.34. The van der Waals surface area contributed by atoms with Gasteiger partial charge in [0, 0.05) is 31.7 Å². The Morgan fingerprint density at radius 3 is 2.70 bits per heavy atom. The Morgan fingerprint density at radius 2 is 1.96 bits per heavy atom. The SMILES string of the molecule is COc1ccc([C@H]2CCC[C@H]3[C@@H]4C[C@@H](CN(c5nnc(N)s5)C4)CN23)cc1. The molecule has 1 aromatic carbocycles. The second kappa shape index (κ2) is 6.95. The van der Waals surface area contributed by atoms with Gasteiger partial charge < -0.3 is 15.4 Å². The second-order valence-electron chi connectivity index (χ2n) is 8.17. The molecule has 4 heterocycles. The fourth-order valence-corrected chi connectivity index (χ4v) is 6.13. The van der Waals surface area contributed by atoms with Gasteiger partial charge in [-0.25, -0.2) is 0 Å². The number of anilines is 2. The maximum absolute atomic E-state index is 5.81. The maximum atomic E-state index is 5.81. The quantitative estimate of drug-likeness (QED) is 0.875. The van der Waals surface area contributed by atoms with Crippen molar-refractivity contribution < 1.29 is 4.74 Å². The van der Waals surface area contributed by atoms with Crippen LogP contribution in [-0.4, -0.2) is 47.9 Å². The van der Waals surface area contributed by atoms with E-state index in [0.29, 0.717) is 29.1 Å². The molecular formula is C20H27N5OS. The van der Waals surface area contributed by atoms with Crippen LogP contribution in [0.25, 0.3) is 0 Å². The number of hydrogen-bond acceptors (Lipinski definition) is 7. The van der Waals surface area contributed by atoms with Crippen LogP contribution in [0.15, 0.2) is 24.3 Å². The number of piperidine rings is 3. The molecule has 0 radical (unpaired) electrons. The summed E-state index contributed by atoms with van der Waals surface area (Å²) in [5.74, 6) is 2.35. The molecule has 5 rings (SSSR count). The van der Waals surface area contributed by atoms with Crippen LogP contribution in [0, 0.1) is 11.8 Å². The molecule has 27 heavy (non-hydrogen) atoms. The highest BCUT2D eigenvalue weighted by atomic mass is 32.1. The third kappa shape index (κ3) is 3.17. The van der Waals surface area contributed by atoms with E-state index in [0.717, 1.165) is 24.0 Å². The van der Waals surface area contributed by atoms with Crippen molar-refractivity contribution in [1.29, 1.82) is 0 Å². The summed E-state index contributed by atoms with van der Waals surface area (Å²) >= 11 is 1.52.